The number of benzene rings is 1. The number of hydrogen-bond donors (Lipinski definition) is 3. The summed E-state index contributed by atoms with van der Waals surface area (Å²) in [6.45, 7) is 4.75. The van der Waals surface area contributed by atoms with Gasteiger partial charge in [0.05, 0.1) is 11.4 Å². The molecule has 1 fully saturated rings. The second kappa shape index (κ2) is 5.95. The van der Waals surface area contributed by atoms with Crippen LogP contribution in [0.3, 0.4) is 0 Å². The Labute approximate surface area is 114 Å². The number of amides is 1. The van der Waals surface area contributed by atoms with E-state index in [1.807, 2.05) is 13.0 Å². The van der Waals surface area contributed by atoms with Crippen molar-refractivity contribution in [2.45, 2.75) is 39.2 Å². The molecule has 1 aliphatic carbocycles. The lowest BCUT2D eigenvalue weighted by Gasteiger charge is -2.11. The number of rotatable bonds is 6. The van der Waals surface area contributed by atoms with E-state index in [-0.39, 0.29) is 5.91 Å². The number of hydrogen-bond acceptors (Lipinski definition) is 3. The number of carbonyl (C=O) groups excluding carboxylic acids is 1. The molecule has 2 rings (SSSR count). The van der Waals surface area contributed by atoms with E-state index in [0.29, 0.717) is 23.8 Å². The van der Waals surface area contributed by atoms with Gasteiger partial charge in [-0.1, -0.05) is 13.3 Å². The van der Waals surface area contributed by atoms with Crippen molar-refractivity contribution >= 4 is 17.3 Å². The van der Waals surface area contributed by atoms with Gasteiger partial charge in [0.1, 0.15) is 0 Å². The Balaban J connectivity index is 2.04. The van der Waals surface area contributed by atoms with E-state index in [1.165, 1.54) is 19.3 Å². The highest BCUT2D eigenvalue weighted by molar-refractivity contribution is 5.96. The molecule has 0 aromatic heterocycles. The molecular weight excluding hydrogens is 238 g/mol. The predicted octanol–water partition coefficient (Wildman–Crippen LogP) is 2.62. The standard InChI is InChI=1S/C15H23N3O/c1-3-5-10-8-13(10)18-14-9-11(6-7-12(14)16)15(19)17-4-2/h6-7,9-10,13,18H,3-5,8,16H2,1-2H3,(H,17,19). The summed E-state index contributed by atoms with van der Waals surface area (Å²) in [4.78, 5) is 11.8. The maximum atomic E-state index is 11.8. The Morgan fingerprint density at radius 1 is 1.42 bits per heavy atom. The largest absolute Gasteiger partial charge is 0.397 e. The van der Waals surface area contributed by atoms with Crippen molar-refractivity contribution < 1.29 is 4.79 Å². The number of nitrogens with two attached hydrogens (primary N) is 1. The monoisotopic (exact) mass is 261 g/mol. The summed E-state index contributed by atoms with van der Waals surface area (Å²) < 4.78 is 0. The number of anilines is 2. The summed E-state index contributed by atoms with van der Waals surface area (Å²) in [6, 6.07) is 5.93. The Morgan fingerprint density at radius 2 is 2.21 bits per heavy atom. The molecule has 0 bridgehead atoms. The highest BCUT2D eigenvalue weighted by Crippen LogP contribution is 2.38. The van der Waals surface area contributed by atoms with Crippen LogP contribution in [0.5, 0.6) is 0 Å². The second-order valence-corrected chi connectivity index (χ2v) is 5.20. The van der Waals surface area contributed by atoms with Crippen molar-refractivity contribution in [3.05, 3.63) is 23.8 Å². The molecule has 4 heteroatoms. The fourth-order valence-corrected chi connectivity index (χ4v) is 2.40. The van der Waals surface area contributed by atoms with Gasteiger partial charge >= 0.3 is 0 Å². The summed E-state index contributed by atoms with van der Waals surface area (Å²) in [7, 11) is 0. The number of nitrogens with one attached hydrogen (secondary N) is 2. The predicted molar refractivity (Wildman–Crippen MR) is 79.3 cm³/mol. The van der Waals surface area contributed by atoms with Gasteiger partial charge < -0.3 is 16.4 Å². The smallest absolute Gasteiger partial charge is 0.251 e. The molecule has 4 nitrogen and oxygen atoms in total. The Morgan fingerprint density at radius 3 is 2.89 bits per heavy atom. The maximum absolute atomic E-state index is 11.8. The van der Waals surface area contributed by atoms with Crippen LogP contribution >= 0.6 is 0 Å². The summed E-state index contributed by atoms with van der Waals surface area (Å²) >= 11 is 0. The van der Waals surface area contributed by atoms with Crippen molar-refractivity contribution in [1.29, 1.82) is 0 Å². The van der Waals surface area contributed by atoms with E-state index in [9.17, 15) is 4.79 Å². The molecule has 0 saturated heterocycles. The van der Waals surface area contributed by atoms with Gasteiger partial charge in [-0.25, -0.2) is 0 Å². The Hall–Kier alpha value is -1.71. The van der Waals surface area contributed by atoms with E-state index in [1.54, 1.807) is 12.1 Å². The summed E-state index contributed by atoms with van der Waals surface area (Å²) in [5.41, 5.74) is 8.21. The first-order chi connectivity index (χ1) is 9.15. The van der Waals surface area contributed by atoms with Crippen LogP contribution < -0.4 is 16.4 Å². The zero-order valence-electron chi connectivity index (χ0n) is 11.7. The van der Waals surface area contributed by atoms with Crippen LogP contribution in [-0.2, 0) is 0 Å². The Kier molecular flexibility index (Phi) is 4.30. The van der Waals surface area contributed by atoms with E-state index >= 15 is 0 Å². The summed E-state index contributed by atoms with van der Waals surface area (Å²) in [5, 5.41) is 6.25. The van der Waals surface area contributed by atoms with Crippen LogP contribution in [0.2, 0.25) is 0 Å². The molecular formula is C15H23N3O. The molecule has 1 aliphatic rings. The van der Waals surface area contributed by atoms with Crippen LogP contribution in [0, 0.1) is 5.92 Å². The highest BCUT2D eigenvalue weighted by Gasteiger charge is 2.36. The first-order valence-electron chi connectivity index (χ1n) is 7.10. The molecule has 4 N–H and O–H groups in total. The lowest BCUT2D eigenvalue weighted by Crippen LogP contribution is -2.22. The number of carbonyl (C=O) groups is 1. The minimum Gasteiger partial charge on any atom is -0.397 e. The summed E-state index contributed by atoms with van der Waals surface area (Å²) in [6.07, 6.45) is 3.68. The van der Waals surface area contributed by atoms with Crippen molar-refractivity contribution in [2.24, 2.45) is 5.92 Å². The number of nitrogen functional groups attached to an aromatic ring is 1. The minimum atomic E-state index is -0.0496. The van der Waals surface area contributed by atoms with Gasteiger partial charge in [-0.05, 0) is 43.9 Å². The molecule has 1 saturated carbocycles. The highest BCUT2D eigenvalue weighted by atomic mass is 16.1. The third kappa shape index (κ3) is 3.40. The van der Waals surface area contributed by atoms with Crippen LogP contribution in [0.25, 0.3) is 0 Å². The second-order valence-electron chi connectivity index (χ2n) is 5.20. The maximum Gasteiger partial charge on any atom is 0.251 e. The van der Waals surface area contributed by atoms with E-state index < -0.39 is 0 Å². The molecule has 1 aromatic carbocycles. The topological polar surface area (TPSA) is 67.2 Å². The molecule has 1 amide bonds. The Bertz CT molecular complexity index is 459. The lowest BCUT2D eigenvalue weighted by atomic mass is 10.1. The quantitative estimate of drug-likeness (QED) is 0.690. The molecule has 2 atom stereocenters. The van der Waals surface area contributed by atoms with E-state index in [2.05, 4.69) is 17.6 Å². The third-order valence-electron chi connectivity index (χ3n) is 3.58. The minimum absolute atomic E-state index is 0.0496. The fraction of sp³-hybridized carbons (Fsp3) is 0.533. The average molecular weight is 261 g/mol. The molecule has 104 valence electrons. The average Bonchev–Trinajstić information content (AvgIpc) is 3.11. The SMILES string of the molecule is CCCC1CC1Nc1cc(C(=O)NCC)ccc1N. The van der Waals surface area contributed by atoms with Crippen LogP contribution in [0.15, 0.2) is 18.2 Å². The van der Waals surface area contributed by atoms with Gasteiger partial charge in [-0.15, -0.1) is 0 Å². The van der Waals surface area contributed by atoms with Crippen LogP contribution in [-0.4, -0.2) is 18.5 Å². The fourth-order valence-electron chi connectivity index (χ4n) is 2.40. The van der Waals surface area contributed by atoms with Crippen LogP contribution in [0.4, 0.5) is 11.4 Å². The normalized spacial score (nSPS) is 20.9. The molecule has 2 unspecified atom stereocenters. The molecule has 0 aliphatic heterocycles. The third-order valence-corrected chi connectivity index (χ3v) is 3.58. The van der Waals surface area contributed by atoms with Crippen LogP contribution in [0.1, 0.15) is 43.5 Å². The molecule has 1 aromatic rings. The van der Waals surface area contributed by atoms with E-state index in [0.717, 1.165) is 11.6 Å². The van der Waals surface area contributed by atoms with Gasteiger partial charge in [-0.3, -0.25) is 4.79 Å². The summed E-state index contributed by atoms with van der Waals surface area (Å²) in [5.74, 6) is 0.712. The molecule has 19 heavy (non-hydrogen) atoms. The first-order valence-corrected chi connectivity index (χ1v) is 7.10. The molecule has 0 spiro atoms. The lowest BCUT2D eigenvalue weighted by molar-refractivity contribution is 0.0956. The molecule has 0 radical (unpaired) electrons. The first kappa shape index (κ1) is 13.7. The van der Waals surface area contributed by atoms with E-state index in [4.69, 9.17) is 5.73 Å². The van der Waals surface area contributed by atoms with Crippen molar-refractivity contribution in [2.75, 3.05) is 17.6 Å². The van der Waals surface area contributed by atoms with Crippen molar-refractivity contribution in [1.82, 2.24) is 5.32 Å². The van der Waals surface area contributed by atoms with Gasteiger partial charge in [0.25, 0.3) is 5.91 Å². The van der Waals surface area contributed by atoms with Crippen molar-refractivity contribution in [3.8, 4) is 0 Å². The van der Waals surface area contributed by atoms with Gasteiger partial charge in [0.2, 0.25) is 0 Å². The van der Waals surface area contributed by atoms with Gasteiger partial charge in [0.15, 0.2) is 0 Å². The zero-order chi connectivity index (χ0) is 13.8. The van der Waals surface area contributed by atoms with Crippen molar-refractivity contribution in [3.63, 3.8) is 0 Å². The molecule has 0 heterocycles. The van der Waals surface area contributed by atoms with Gasteiger partial charge in [-0.2, -0.15) is 0 Å². The van der Waals surface area contributed by atoms with Gasteiger partial charge in [0, 0.05) is 18.2 Å². The zero-order valence-corrected chi connectivity index (χ0v) is 11.7.